The SMILES string of the molecule is CNC(=O)CN1Cc2nc(N)nc(-c3cc(OC)c(Br)cc3Cl)c2C1. The number of hydrogen-bond donors (Lipinski definition) is 2. The van der Waals surface area contributed by atoms with E-state index in [0.29, 0.717) is 35.1 Å². The van der Waals surface area contributed by atoms with Crippen LogP contribution in [0, 0.1) is 0 Å². The first-order valence-electron chi connectivity index (χ1n) is 7.54. The van der Waals surface area contributed by atoms with E-state index >= 15 is 0 Å². The highest BCUT2D eigenvalue weighted by molar-refractivity contribution is 9.10. The smallest absolute Gasteiger partial charge is 0.233 e. The third kappa shape index (κ3) is 3.56. The second kappa shape index (κ2) is 7.15. The minimum atomic E-state index is -0.0568. The van der Waals surface area contributed by atoms with Gasteiger partial charge in [-0.05, 0) is 28.1 Å². The lowest BCUT2D eigenvalue weighted by molar-refractivity contribution is -0.121. The van der Waals surface area contributed by atoms with Crippen molar-refractivity contribution in [1.82, 2.24) is 20.2 Å². The molecular formula is C16H17BrClN5O2. The van der Waals surface area contributed by atoms with Crippen LogP contribution in [0.3, 0.4) is 0 Å². The monoisotopic (exact) mass is 425 g/mol. The molecule has 3 rings (SSSR count). The van der Waals surface area contributed by atoms with Gasteiger partial charge in [0.05, 0.1) is 34.5 Å². The van der Waals surface area contributed by atoms with Gasteiger partial charge in [-0.15, -0.1) is 0 Å². The molecule has 0 fully saturated rings. The number of fused-ring (bicyclic) bond motifs is 1. The zero-order chi connectivity index (χ0) is 18.1. The maximum Gasteiger partial charge on any atom is 0.233 e. The molecule has 1 aliphatic rings. The summed E-state index contributed by atoms with van der Waals surface area (Å²) in [7, 11) is 3.20. The normalized spacial score (nSPS) is 13.6. The quantitative estimate of drug-likeness (QED) is 0.778. The number of aromatic nitrogens is 2. The number of nitrogens with zero attached hydrogens (tertiary/aromatic N) is 3. The Labute approximate surface area is 158 Å². The van der Waals surface area contributed by atoms with E-state index in [0.717, 1.165) is 15.7 Å². The summed E-state index contributed by atoms with van der Waals surface area (Å²) in [6.07, 6.45) is 0. The molecule has 0 atom stereocenters. The van der Waals surface area contributed by atoms with Crippen molar-refractivity contribution in [2.75, 3.05) is 26.4 Å². The number of carbonyl (C=O) groups is 1. The molecule has 2 heterocycles. The Morgan fingerprint density at radius 1 is 1.44 bits per heavy atom. The average Bonchev–Trinajstić information content (AvgIpc) is 2.96. The Morgan fingerprint density at radius 2 is 2.20 bits per heavy atom. The van der Waals surface area contributed by atoms with E-state index < -0.39 is 0 Å². The molecule has 1 aromatic heterocycles. The number of hydrogen-bond acceptors (Lipinski definition) is 6. The summed E-state index contributed by atoms with van der Waals surface area (Å²) in [6, 6.07) is 3.58. The Hall–Kier alpha value is -1.90. The first-order valence-corrected chi connectivity index (χ1v) is 8.71. The highest BCUT2D eigenvalue weighted by Crippen LogP contribution is 2.39. The van der Waals surface area contributed by atoms with Crippen molar-refractivity contribution in [3.8, 4) is 17.0 Å². The van der Waals surface area contributed by atoms with Crippen molar-refractivity contribution in [2.45, 2.75) is 13.1 Å². The lowest BCUT2D eigenvalue weighted by Crippen LogP contribution is -2.32. The van der Waals surface area contributed by atoms with Crippen molar-refractivity contribution in [2.24, 2.45) is 0 Å². The molecule has 7 nitrogen and oxygen atoms in total. The maximum atomic E-state index is 11.7. The summed E-state index contributed by atoms with van der Waals surface area (Å²) in [5.74, 6) is 0.762. The van der Waals surface area contributed by atoms with Gasteiger partial charge in [-0.25, -0.2) is 9.97 Å². The largest absolute Gasteiger partial charge is 0.496 e. The second-order valence-electron chi connectivity index (χ2n) is 5.64. The van der Waals surface area contributed by atoms with E-state index in [1.807, 2.05) is 11.0 Å². The van der Waals surface area contributed by atoms with Crippen LogP contribution in [0.5, 0.6) is 5.75 Å². The molecule has 25 heavy (non-hydrogen) atoms. The maximum absolute atomic E-state index is 11.7. The summed E-state index contributed by atoms with van der Waals surface area (Å²) in [5, 5.41) is 3.15. The minimum absolute atomic E-state index is 0.0568. The molecule has 132 valence electrons. The summed E-state index contributed by atoms with van der Waals surface area (Å²) in [5.41, 5.74) is 9.00. The second-order valence-corrected chi connectivity index (χ2v) is 6.90. The number of methoxy groups -OCH3 is 1. The summed E-state index contributed by atoms with van der Waals surface area (Å²) < 4.78 is 6.11. The van der Waals surface area contributed by atoms with Crippen molar-refractivity contribution < 1.29 is 9.53 Å². The zero-order valence-electron chi connectivity index (χ0n) is 13.8. The van der Waals surface area contributed by atoms with Gasteiger partial charge in [0.2, 0.25) is 11.9 Å². The van der Waals surface area contributed by atoms with E-state index in [9.17, 15) is 4.79 Å². The lowest BCUT2D eigenvalue weighted by Gasteiger charge is -2.14. The molecular weight excluding hydrogens is 410 g/mol. The topological polar surface area (TPSA) is 93.4 Å². The standard InChI is InChI=1S/C16H17BrClN5O2/c1-20-14(24)7-23-5-9-12(6-23)21-16(19)22-15(9)8-3-13(25-2)10(17)4-11(8)18/h3-4H,5-7H2,1-2H3,(H,20,24)(H2,19,21,22). The molecule has 1 amide bonds. The van der Waals surface area contributed by atoms with Crippen LogP contribution in [-0.2, 0) is 17.9 Å². The predicted molar refractivity (Wildman–Crippen MR) is 99.3 cm³/mol. The molecule has 1 aliphatic heterocycles. The van der Waals surface area contributed by atoms with Gasteiger partial charge in [-0.3, -0.25) is 9.69 Å². The molecule has 0 bridgehead atoms. The number of ether oxygens (including phenoxy) is 1. The number of rotatable bonds is 4. The number of amides is 1. The van der Waals surface area contributed by atoms with Crippen LogP contribution in [-0.4, -0.2) is 41.5 Å². The van der Waals surface area contributed by atoms with Crippen LogP contribution in [0.1, 0.15) is 11.3 Å². The van der Waals surface area contributed by atoms with Gasteiger partial charge >= 0.3 is 0 Å². The summed E-state index contributed by atoms with van der Waals surface area (Å²) in [6.45, 7) is 1.37. The van der Waals surface area contributed by atoms with Crippen molar-refractivity contribution >= 4 is 39.4 Å². The third-order valence-electron chi connectivity index (χ3n) is 4.01. The van der Waals surface area contributed by atoms with Gasteiger partial charge in [0.15, 0.2) is 0 Å². The van der Waals surface area contributed by atoms with Crippen LogP contribution in [0.15, 0.2) is 16.6 Å². The first kappa shape index (κ1) is 17.9. The third-order valence-corrected chi connectivity index (χ3v) is 4.94. The van der Waals surface area contributed by atoms with Crippen molar-refractivity contribution in [3.05, 3.63) is 32.9 Å². The minimum Gasteiger partial charge on any atom is -0.496 e. The number of nitrogen functional groups attached to an aromatic ring is 1. The zero-order valence-corrected chi connectivity index (χ0v) is 16.1. The highest BCUT2D eigenvalue weighted by atomic mass is 79.9. The molecule has 0 unspecified atom stereocenters. The van der Waals surface area contributed by atoms with Gasteiger partial charge in [-0.1, -0.05) is 11.6 Å². The summed E-state index contributed by atoms with van der Waals surface area (Å²) >= 11 is 9.84. The highest BCUT2D eigenvalue weighted by Gasteiger charge is 2.27. The molecule has 0 radical (unpaired) electrons. The predicted octanol–water partition coefficient (Wildman–Crippen LogP) is 2.21. The van der Waals surface area contributed by atoms with Gasteiger partial charge in [0, 0.05) is 31.3 Å². The molecule has 1 aromatic carbocycles. The number of nitrogens with two attached hydrogens (primary N) is 1. The van der Waals surface area contributed by atoms with Crippen LogP contribution in [0.25, 0.3) is 11.3 Å². The number of nitrogens with one attached hydrogen (secondary N) is 1. The summed E-state index contributed by atoms with van der Waals surface area (Å²) in [4.78, 5) is 22.4. The van der Waals surface area contributed by atoms with Gasteiger partial charge in [0.25, 0.3) is 0 Å². The average molecular weight is 427 g/mol. The van der Waals surface area contributed by atoms with Crippen LogP contribution in [0.4, 0.5) is 5.95 Å². The molecule has 0 aliphatic carbocycles. The van der Waals surface area contributed by atoms with E-state index in [1.54, 1.807) is 20.2 Å². The first-order chi connectivity index (χ1) is 11.9. The van der Waals surface area contributed by atoms with Gasteiger partial charge in [0.1, 0.15) is 5.75 Å². The van der Waals surface area contributed by atoms with Crippen molar-refractivity contribution in [1.29, 1.82) is 0 Å². The van der Waals surface area contributed by atoms with Crippen molar-refractivity contribution in [3.63, 3.8) is 0 Å². The molecule has 0 saturated heterocycles. The molecule has 9 heteroatoms. The number of anilines is 1. The number of benzene rings is 1. The van der Waals surface area contributed by atoms with Gasteiger partial charge in [-0.2, -0.15) is 0 Å². The molecule has 3 N–H and O–H groups in total. The number of carbonyl (C=O) groups excluding carboxylic acids is 1. The van der Waals surface area contributed by atoms with Crippen LogP contribution in [0.2, 0.25) is 5.02 Å². The fourth-order valence-electron chi connectivity index (χ4n) is 2.82. The van der Waals surface area contributed by atoms with Gasteiger partial charge < -0.3 is 15.8 Å². The molecule has 0 saturated carbocycles. The Bertz CT molecular complexity index is 846. The fraction of sp³-hybridized carbons (Fsp3) is 0.312. The van der Waals surface area contributed by atoms with E-state index in [-0.39, 0.29) is 18.4 Å². The fourth-order valence-corrected chi connectivity index (χ4v) is 3.71. The molecule has 0 spiro atoms. The van der Waals surface area contributed by atoms with E-state index in [4.69, 9.17) is 22.1 Å². The Morgan fingerprint density at radius 3 is 2.88 bits per heavy atom. The number of halogens is 2. The number of likely N-dealkylation sites (N-methyl/N-ethyl adjacent to an activating group) is 1. The Balaban J connectivity index is 2.05. The lowest BCUT2D eigenvalue weighted by atomic mass is 10.1. The Kier molecular flexibility index (Phi) is 5.12. The van der Waals surface area contributed by atoms with E-state index in [2.05, 4.69) is 31.2 Å². The molecule has 2 aromatic rings. The van der Waals surface area contributed by atoms with E-state index in [1.165, 1.54) is 0 Å². The van der Waals surface area contributed by atoms with Crippen LogP contribution >= 0.6 is 27.5 Å². The van der Waals surface area contributed by atoms with Crippen LogP contribution < -0.4 is 15.8 Å².